The van der Waals surface area contributed by atoms with Crippen LogP contribution in [0.3, 0.4) is 0 Å². The molecule has 2 heterocycles. The lowest BCUT2D eigenvalue weighted by Crippen LogP contribution is -2.49. The van der Waals surface area contributed by atoms with E-state index in [1.807, 2.05) is 47.4 Å². The highest BCUT2D eigenvalue weighted by Crippen LogP contribution is 2.24. The Morgan fingerprint density at radius 2 is 1.79 bits per heavy atom. The Kier molecular flexibility index (Phi) is 7.95. The second kappa shape index (κ2) is 11.3. The summed E-state index contributed by atoms with van der Waals surface area (Å²) in [5.41, 5.74) is 3.34. The summed E-state index contributed by atoms with van der Waals surface area (Å²) in [6.45, 7) is 9.87. The summed E-state index contributed by atoms with van der Waals surface area (Å²) in [6, 6.07) is 16.2. The van der Waals surface area contributed by atoms with E-state index < -0.39 is 0 Å². The van der Waals surface area contributed by atoms with Gasteiger partial charge in [0.2, 0.25) is 17.6 Å². The molecule has 1 aliphatic rings. The molecule has 3 aromatic rings. The molecule has 34 heavy (non-hydrogen) atoms. The largest absolute Gasteiger partial charge is 0.494 e. The number of benzene rings is 2. The topological polar surface area (TPSA) is 71.7 Å². The molecule has 1 aliphatic heterocycles. The van der Waals surface area contributed by atoms with Crippen molar-refractivity contribution in [2.24, 2.45) is 0 Å². The lowest BCUT2D eigenvalue weighted by molar-refractivity contribution is -0.133. The maximum atomic E-state index is 12.6. The first-order chi connectivity index (χ1) is 16.5. The van der Waals surface area contributed by atoms with Gasteiger partial charge in [-0.05, 0) is 51.3 Å². The van der Waals surface area contributed by atoms with Gasteiger partial charge >= 0.3 is 0 Å². The van der Waals surface area contributed by atoms with Crippen LogP contribution in [0.5, 0.6) is 5.75 Å². The van der Waals surface area contributed by atoms with Crippen LogP contribution in [0.2, 0.25) is 0 Å². The summed E-state index contributed by atoms with van der Waals surface area (Å²) in [6.07, 6.45) is 2.28. The van der Waals surface area contributed by atoms with Crippen molar-refractivity contribution in [3.8, 4) is 17.1 Å². The van der Waals surface area contributed by atoms with Gasteiger partial charge in [0.15, 0.2) is 0 Å². The van der Waals surface area contributed by atoms with Crippen molar-refractivity contribution in [2.75, 3.05) is 32.8 Å². The van der Waals surface area contributed by atoms with Crippen LogP contribution in [0.15, 0.2) is 53.1 Å². The Bertz CT molecular complexity index is 1070. The van der Waals surface area contributed by atoms with Gasteiger partial charge in [0, 0.05) is 38.2 Å². The molecule has 7 nitrogen and oxygen atoms in total. The first-order valence-corrected chi connectivity index (χ1v) is 12.1. The van der Waals surface area contributed by atoms with Gasteiger partial charge in [-0.3, -0.25) is 9.69 Å². The maximum Gasteiger partial charge on any atom is 0.244 e. The van der Waals surface area contributed by atoms with Gasteiger partial charge in [-0.25, -0.2) is 0 Å². The van der Waals surface area contributed by atoms with Crippen molar-refractivity contribution in [2.45, 2.75) is 46.1 Å². The highest BCUT2D eigenvalue weighted by Gasteiger charge is 2.27. The smallest absolute Gasteiger partial charge is 0.244 e. The third-order valence-electron chi connectivity index (χ3n) is 6.37. The van der Waals surface area contributed by atoms with E-state index in [-0.39, 0.29) is 11.9 Å². The minimum absolute atomic E-state index is 0.0164. The van der Waals surface area contributed by atoms with E-state index in [0.29, 0.717) is 24.7 Å². The van der Waals surface area contributed by atoms with E-state index in [0.717, 1.165) is 50.3 Å². The third kappa shape index (κ3) is 6.23. The van der Waals surface area contributed by atoms with Crippen LogP contribution < -0.4 is 4.74 Å². The number of aryl methyl sites for hydroxylation is 2. The molecule has 7 heteroatoms. The van der Waals surface area contributed by atoms with Crippen LogP contribution in [-0.4, -0.2) is 58.6 Å². The van der Waals surface area contributed by atoms with Gasteiger partial charge < -0.3 is 14.2 Å². The molecule has 0 spiro atoms. The summed E-state index contributed by atoms with van der Waals surface area (Å²) < 4.78 is 11.3. The quantitative estimate of drug-likeness (QED) is 0.425. The summed E-state index contributed by atoms with van der Waals surface area (Å²) >= 11 is 0. The van der Waals surface area contributed by atoms with Crippen LogP contribution in [0.25, 0.3) is 11.4 Å². The molecule has 0 saturated carbocycles. The van der Waals surface area contributed by atoms with Crippen molar-refractivity contribution in [3.05, 3.63) is 65.5 Å². The third-order valence-corrected chi connectivity index (χ3v) is 6.37. The zero-order valence-electron chi connectivity index (χ0n) is 20.4. The molecule has 180 valence electrons. The van der Waals surface area contributed by atoms with Crippen LogP contribution in [-0.2, 0) is 4.79 Å². The predicted octanol–water partition coefficient (Wildman–Crippen LogP) is 4.81. The number of nitrogens with zero attached hydrogens (tertiary/aromatic N) is 4. The van der Waals surface area contributed by atoms with Crippen molar-refractivity contribution in [1.82, 2.24) is 19.9 Å². The van der Waals surface area contributed by atoms with E-state index in [2.05, 4.69) is 41.9 Å². The van der Waals surface area contributed by atoms with Crippen LogP contribution in [0, 0.1) is 13.8 Å². The standard InChI is InChI=1S/C27H34N4O3/c1-20-10-12-23(13-11-20)26-28-27(34-29-26)22(3)30-14-16-31(17-15-30)25(32)9-4-5-18-33-24-8-6-7-21(2)19-24/h6-8,10-13,19,22H,4-5,9,14-18H2,1-3H3. The molecule has 1 fully saturated rings. The molecular weight excluding hydrogens is 428 g/mol. The van der Waals surface area contributed by atoms with E-state index >= 15 is 0 Å². The van der Waals surface area contributed by atoms with Gasteiger partial charge in [0.1, 0.15) is 5.75 Å². The molecule has 1 saturated heterocycles. The molecule has 1 amide bonds. The van der Waals surface area contributed by atoms with Crippen molar-refractivity contribution in [1.29, 1.82) is 0 Å². The fourth-order valence-corrected chi connectivity index (χ4v) is 4.17. The number of ether oxygens (including phenoxy) is 1. The van der Waals surface area contributed by atoms with E-state index in [4.69, 9.17) is 9.26 Å². The maximum absolute atomic E-state index is 12.6. The van der Waals surface area contributed by atoms with E-state index in [9.17, 15) is 4.79 Å². The molecule has 2 aromatic carbocycles. The molecule has 0 N–H and O–H groups in total. The Morgan fingerprint density at radius 3 is 2.53 bits per heavy atom. The number of carbonyl (C=O) groups is 1. The Hall–Kier alpha value is -3.19. The number of piperazine rings is 1. The van der Waals surface area contributed by atoms with Gasteiger partial charge in [-0.2, -0.15) is 4.98 Å². The van der Waals surface area contributed by atoms with Crippen LogP contribution in [0.1, 0.15) is 49.2 Å². The molecule has 0 aliphatic carbocycles. The Balaban J connectivity index is 1.18. The van der Waals surface area contributed by atoms with Crippen LogP contribution >= 0.6 is 0 Å². The summed E-state index contributed by atoms with van der Waals surface area (Å²) in [4.78, 5) is 21.5. The molecule has 1 atom stereocenters. The number of rotatable bonds is 9. The normalized spacial score (nSPS) is 15.3. The van der Waals surface area contributed by atoms with Gasteiger partial charge in [0.25, 0.3) is 0 Å². The SMILES string of the molecule is Cc1ccc(-c2noc(C(C)N3CCN(C(=O)CCCCOc4cccc(C)c4)CC3)n2)cc1. The van der Waals surface area contributed by atoms with Gasteiger partial charge in [-0.1, -0.05) is 47.1 Å². The van der Waals surface area contributed by atoms with Crippen molar-refractivity contribution >= 4 is 5.91 Å². The first kappa shape index (κ1) is 24.0. The second-order valence-corrected chi connectivity index (χ2v) is 9.04. The second-order valence-electron chi connectivity index (χ2n) is 9.04. The molecule has 1 unspecified atom stereocenters. The molecule has 4 rings (SSSR count). The van der Waals surface area contributed by atoms with Gasteiger partial charge in [-0.15, -0.1) is 0 Å². The van der Waals surface area contributed by atoms with Gasteiger partial charge in [0.05, 0.1) is 12.6 Å². The number of hydrogen-bond acceptors (Lipinski definition) is 6. The number of aromatic nitrogens is 2. The Labute approximate surface area is 201 Å². The summed E-state index contributed by atoms with van der Waals surface area (Å²) in [5.74, 6) is 2.34. The average molecular weight is 463 g/mol. The number of amides is 1. The van der Waals surface area contributed by atoms with Crippen LogP contribution in [0.4, 0.5) is 0 Å². The Morgan fingerprint density at radius 1 is 1.03 bits per heavy atom. The minimum Gasteiger partial charge on any atom is -0.494 e. The predicted molar refractivity (Wildman–Crippen MR) is 132 cm³/mol. The number of carbonyl (C=O) groups excluding carboxylic acids is 1. The molecule has 0 bridgehead atoms. The van der Waals surface area contributed by atoms with Crippen molar-refractivity contribution in [3.63, 3.8) is 0 Å². The summed E-state index contributed by atoms with van der Waals surface area (Å²) in [5, 5.41) is 4.16. The zero-order chi connectivity index (χ0) is 23.9. The number of hydrogen-bond donors (Lipinski definition) is 0. The first-order valence-electron chi connectivity index (χ1n) is 12.1. The highest BCUT2D eigenvalue weighted by molar-refractivity contribution is 5.76. The van der Waals surface area contributed by atoms with E-state index in [1.54, 1.807) is 0 Å². The molecule has 0 radical (unpaired) electrons. The monoisotopic (exact) mass is 462 g/mol. The highest BCUT2D eigenvalue weighted by atomic mass is 16.5. The summed E-state index contributed by atoms with van der Waals surface area (Å²) in [7, 11) is 0. The molecular formula is C27H34N4O3. The minimum atomic E-state index is 0.0164. The fraction of sp³-hybridized carbons (Fsp3) is 0.444. The van der Waals surface area contributed by atoms with E-state index in [1.165, 1.54) is 11.1 Å². The fourth-order valence-electron chi connectivity index (χ4n) is 4.17. The molecule has 1 aromatic heterocycles. The number of unbranched alkanes of at least 4 members (excludes halogenated alkanes) is 1. The lowest BCUT2D eigenvalue weighted by atomic mass is 10.1. The zero-order valence-corrected chi connectivity index (χ0v) is 20.4. The lowest BCUT2D eigenvalue weighted by Gasteiger charge is -2.36. The van der Waals surface area contributed by atoms with Crippen molar-refractivity contribution < 1.29 is 14.1 Å². The average Bonchev–Trinajstić information content (AvgIpc) is 3.34.